The van der Waals surface area contributed by atoms with E-state index in [0.29, 0.717) is 65.3 Å². The van der Waals surface area contributed by atoms with Crippen LogP contribution < -0.4 is 24.7 Å². The number of nitrogens with two attached hydrogens (primary N) is 1. The average Bonchev–Trinajstić information content (AvgIpc) is 3.09. The minimum atomic E-state index is -4.21. The highest BCUT2D eigenvalue weighted by Gasteiger charge is 2.24. The largest absolute Gasteiger partial charge is 0.488 e. The smallest absolute Gasteiger partial charge is 0.266 e. The molecule has 0 atom stereocenters. The second kappa shape index (κ2) is 16.1. The summed E-state index contributed by atoms with van der Waals surface area (Å²) in [5.74, 6) is 1.84. The van der Waals surface area contributed by atoms with Crippen molar-refractivity contribution in [2.45, 2.75) is 40.5 Å². The standard InChI is InChI=1S/C37H41ClN4O7S/c1-25-29(5-4-6-31(25)28-7-8-33-36(15-28)47-11-10-46-33)22-49-35-16-34(48-21-27-13-26(17-39)18-41-19-27)30(14-32(35)38)20-42(9-12-50(43,44)45)24-37(2,3)23-40/h4-8,13-16,18-19H,9-12,20-24,40H2,1-3H3,(H,43,44,45). The Kier molecular flexibility index (Phi) is 11.9. The molecule has 0 aliphatic carbocycles. The molecular weight excluding hydrogens is 680 g/mol. The molecule has 0 saturated carbocycles. The number of hydrogen-bond acceptors (Lipinski definition) is 10. The van der Waals surface area contributed by atoms with Gasteiger partial charge in [0.25, 0.3) is 10.1 Å². The Hall–Kier alpha value is -4.38. The van der Waals surface area contributed by atoms with Crippen molar-refractivity contribution in [1.82, 2.24) is 9.88 Å². The Balaban J connectivity index is 1.42. The first-order valence-electron chi connectivity index (χ1n) is 16.1. The molecule has 0 radical (unpaired) electrons. The molecule has 0 spiro atoms. The summed E-state index contributed by atoms with van der Waals surface area (Å²) >= 11 is 6.83. The lowest BCUT2D eigenvalue weighted by atomic mass is 9.93. The summed E-state index contributed by atoms with van der Waals surface area (Å²) < 4.78 is 56.9. The first-order valence-corrected chi connectivity index (χ1v) is 18.1. The molecule has 11 nitrogen and oxygen atoms in total. The van der Waals surface area contributed by atoms with Crippen molar-refractivity contribution in [2.24, 2.45) is 11.1 Å². The van der Waals surface area contributed by atoms with Crippen LogP contribution in [0.2, 0.25) is 5.02 Å². The Morgan fingerprint density at radius 3 is 2.52 bits per heavy atom. The van der Waals surface area contributed by atoms with Gasteiger partial charge in [-0.2, -0.15) is 13.7 Å². The van der Waals surface area contributed by atoms with Gasteiger partial charge in [0.15, 0.2) is 11.5 Å². The van der Waals surface area contributed by atoms with Gasteiger partial charge in [0, 0.05) is 49.2 Å². The molecule has 4 aromatic rings. The maximum atomic E-state index is 11.7. The maximum absolute atomic E-state index is 11.7. The van der Waals surface area contributed by atoms with Gasteiger partial charge in [-0.1, -0.05) is 49.7 Å². The minimum Gasteiger partial charge on any atom is -0.488 e. The fourth-order valence-corrected chi connectivity index (χ4v) is 6.35. The fourth-order valence-electron chi connectivity index (χ4n) is 5.62. The van der Waals surface area contributed by atoms with Crippen molar-refractivity contribution in [1.29, 1.82) is 5.26 Å². The van der Waals surface area contributed by atoms with E-state index in [0.717, 1.165) is 28.0 Å². The molecule has 2 heterocycles. The van der Waals surface area contributed by atoms with E-state index in [4.69, 9.17) is 36.3 Å². The Morgan fingerprint density at radius 2 is 1.78 bits per heavy atom. The Labute approximate surface area is 298 Å². The van der Waals surface area contributed by atoms with E-state index in [1.165, 1.54) is 6.20 Å². The summed E-state index contributed by atoms with van der Waals surface area (Å²) in [4.78, 5) is 6.02. The van der Waals surface area contributed by atoms with Gasteiger partial charge in [-0.15, -0.1) is 0 Å². The third kappa shape index (κ3) is 9.87. The van der Waals surface area contributed by atoms with Gasteiger partial charge in [-0.05, 0) is 65.4 Å². The summed E-state index contributed by atoms with van der Waals surface area (Å²) in [6.07, 6.45) is 3.09. The van der Waals surface area contributed by atoms with Gasteiger partial charge in [0.1, 0.15) is 44.0 Å². The molecule has 1 aliphatic heterocycles. The molecule has 13 heteroatoms. The zero-order chi connectivity index (χ0) is 35.9. The molecular formula is C37H41ClN4O7S. The first kappa shape index (κ1) is 36.9. The highest BCUT2D eigenvalue weighted by Crippen LogP contribution is 2.38. The van der Waals surface area contributed by atoms with E-state index < -0.39 is 15.9 Å². The third-order valence-corrected chi connectivity index (χ3v) is 9.37. The highest BCUT2D eigenvalue weighted by atomic mass is 35.5. The second-order valence-corrected chi connectivity index (χ2v) is 15.0. The molecule has 1 aromatic heterocycles. The van der Waals surface area contributed by atoms with Crippen LogP contribution in [-0.2, 0) is 29.9 Å². The van der Waals surface area contributed by atoms with Crippen LogP contribution in [0.5, 0.6) is 23.0 Å². The zero-order valence-corrected chi connectivity index (χ0v) is 29.9. The average molecular weight is 721 g/mol. The summed E-state index contributed by atoms with van der Waals surface area (Å²) in [5.41, 5.74) is 11.5. The maximum Gasteiger partial charge on any atom is 0.266 e. The predicted molar refractivity (Wildman–Crippen MR) is 191 cm³/mol. The molecule has 0 bridgehead atoms. The van der Waals surface area contributed by atoms with Crippen molar-refractivity contribution in [3.8, 4) is 40.2 Å². The SMILES string of the molecule is Cc1c(COc2cc(OCc3cncc(C#N)c3)c(CN(CCS(=O)(=O)O)CC(C)(C)CN)cc2Cl)cccc1-c1ccc2c(c1)OCCO2. The number of nitriles is 1. The number of nitrogens with zero attached hydrogens (tertiary/aromatic N) is 3. The molecule has 50 heavy (non-hydrogen) atoms. The summed E-state index contributed by atoms with van der Waals surface area (Å²) in [6, 6.07) is 19.2. The molecule has 5 rings (SSSR count). The van der Waals surface area contributed by atoms with Crippen LogP contribution >= 0.6 is 11.6 Å². The Bertz CT molecular complexity index is 1980. The number of aromatic nitrogens is 1. The number of rotatable bonds is 15. The lowest BCUT2D eigenvalue weighted by molar-refractivity contribution is 0.171. The number of pyridine rings is 1. The van der Waals surface area contributed by atoms with Crippen molar-refractivity contribution in [3.63, 3.8) is 0 Å². The van der Waals surface area contributed by atoms with E-state index in [9.17, 15) is 18.2 Å². The van der Waals surface area contributed by atoms with Crippen LogP contribution in [0.1, 0.15) is 41.7 Å². The van der Waals surface area contributed by atoms with Crippen LogP contribution in [0.4, 0.5) is 0 Å². The lowest BCUT2D eigenvalue weighted by Crippen LogP contribution is -2.40. The summed E-state index contributed by atoms with van der Waals surface area (Å²) in [6.45, 7) is 8.48. The Morgan fingerprint density at radius 1 is 1.02 bits per heavy atom. The molecule has 3 aromatic carbocycles. The van der Waals surface area contributed by atoms with Crippen LogP contribution in [-0.4, -0.2) is 61.5 Å². The van der Waals surface area contributed by atoms with Gasteiger partial charge in [0.05, 0.1) is 16.3 Å². The van der Waals surface area contributed by atoms with E-state index in [-0.39, 0.29) is 31.7 Å². The predicted octanol–water partition coefficient (Wildman–Crippen LogP) is 6.19. The molecule has 0 fully saturated rings. The summed E-state index contributed by atoms with van der Waals surface area (Å²) in [5, 5.41) is 9.67. The van der Waals surface area contributed by atoms with Gasteiger partial charge in [0.2, 0.25) is 0 Å². The number of benzene rings is 3. The second-order valence-electron chi connectivity index (χ2n) is 13.0. The van der Waals surface area contributed by atoms with Gasteiger partial charge < -0.3 is 24.7 Å². The quantitative estimate of drug-likeness (QED) is 0.135. The topological polar surface area (TPSA) is 157 Å². The molecule has 264 valence electrons. The number of ether oxygens (including phenoxy) is 4. The number of halogens is 1. The molecule has 0 saturated heterocycles. The first-order chi connectivity index (χ1) is 23.8. The van der Waals surface area contributed by atoms with Crippen molar-refractivity contribution >= 4 is 21.7 Å². The van der Waals surface area contributed by atoms with E-state index in [1.54, 1.807) is 24.4 Å². The zero-order valence-electron chi connectivity index (χ0n) is 28.3. The van der Waals surface area contributed by atoms with E-state index in [2.05, 4.69) is 11.1 Å². The van der Waals surface area contributed by atoms with Crippen molar-refractivity contribution in [2.75, 3.05) is 38.6 Å². The normalized spacial score (nSPS) is 12.8. The molecule has 0 unspecified atom stereocenters. The van der Waals surface area contributed by atoms with Gasteiger partial charge in [-0.25, -0.2) is 0 Å². The van der Waals surface area contributed by atoms with Crippen LogP contribution in [0, 0.1) is 23.7 Å². The number of hydrogen-bond donors (Lipinski definition) is 2. The lowest BCUT2D eigenvalue weighted by Gasteiger charge is -2.32. The van der Waals surface area contributed by atoms with Crippen LogP contribution in [0.25, 0.3) is 11.1 Å². The number of fused-ring (bicyclic) bond motifs is 1. The van der Waals surface area contributed by atoms with Gasteiger partial charge >= 0.3 is 0 Å². The molecule has 1 aliphatic rings. The monoisotopic (exact) mass is 720 g/mol. The van der Waals surface area contributed by atoms with E-state index in [1.807, 2.05) is 62.1 Å². The highest BCUT2D eigenvalue weighted by molar-refractivity contribution is 7.85. The van der Waals surface area contributed by atoms with Gasteiger partial charge in [-0.3, -0.25) is 14.4 Å². The van der Waals surface area contributed by atoms with E-state index >= 15 is 0 Å². The van der Waals surface area contributed by atoms with Crippen molar-refractivity contribution in [3.05, 3.63) is 99.8 Å². The van der Waals surface area contributed by atoms with Crippen molar-refractivity contribution < 1.29 is 31.9 Å². The van der Waals surface area contributed by atoms with Crippen LogP contribution in [0.3, 0.4) is 0 Å². The molecule has 0 amide bonds. The summed E-state index contributed by atoms with van der Waals surface area (Å²) in [7, 11) is -4.21. The third-order valence-electron chi connectivity index (χ3n) is 8.38. The molecule has 3 N–H and O–H groups in total. The minimum absolute atomic E-state index is 0.0602. The fraction of sp³-hybridized carbons (Fsp3) is 0.351. The van der Waals surface area contributed by atoms with Crippen LogP contribution in [0.15, 0.2) is 67.0 Å².